The quantitative estimate of drug-likeness (QED) is 0.907. The molecule has 5 heteroatoms. The second-order valence-corrected chi connectivity index (χ2v) is 6.68. The molecule has 3 rings (SSSR count). The maximum absolute atomic E-state index is 6.27. The SMILES string of the molecule is COC1CN(c2cc(CNC3CC3)c(Cl)cn2)CCC1C. The number of pyridine rings is 1. The molecule has 2 atom stereocenters. The van der Waals surface area contributed by atoms with Crippen LogP contribution in [0.1, 0.15) is 31.7 Å². The molecule has 0 radical (unpaired) electrons. The van der Waals surface area contributed by atoms with Gasteiger partial charge in [0.1, 0.15) is 5.82 Å². The summed E-state index contributed by atoms with van der Waals surface area (Å²) in [5, 5.41) is 4.27. The van der Waals surface area contributed by atoms with Gasteiger partial charge in [-0.15, -0.1) is 0 Å². The highest BCUT2D eigenvalue weighted by Crippen LogP contribution is 2.27. The average molecular weight is 310 g/mol. The molecule has 0 amide bonds. The van der Waals surface area contributed by atoms with Gasteiger partial charge in [0.15, 0.2) is 0 Å². The molecule has 2 heterocycles. The fourth-order valence-electron chi connectivity index (χ4n) is 2.87. The topological polar surface area (TPSA) is 37.4 Å². The summed E-state index contributed by atoms with van der Waals surface area (Å²) in [4.78, 5) is 6.82. The minimum atomic E-state index is 0.282. The third-order valence-electron chi connectivity index (χ3n) is 4.59. The minimum Gasteiger partial charge on any atom is -0.379 e. The van der Waals surface area contributed by atoms with Crippen molar-refractivity contribution in [3.05, 3.63) is 22.8 Å². The highest BCUT2D eigenvalue weighted by molar-refractivity contribution is 6.31. The number of methoxy groups -OCH3 is 1. The maximum atomic E-state index is 6.27. The van der Waals surface area contributed by atoms with Crippen molar-refractivity contribution in [3.8, 4) is 0 Å². The van der Waals surface area contributed by atoms with E-state index in [1.54, 1.807) is 13.3 Å². The zero-order valence-corrected chi connectivity index (χ0v) is 13.6. The van der Waals surface area contributed by atoms with Crippen LogP contribution < -0.4 is 10.2 Å². The first kappa shape index (κ1) is 15.1. The van der Waals surface area contributed by atoms with Crippen molar-refractivity contribution in [2.45, 2.75) is 44.9 Å². The minimum absolute atomic E-state index is 0.282. The van der Waals surface area contributed by atoms with Crippen molar-refractivity contribution in [1.29, 1.82) is 0 Å². The third kappa shape index (κ3) is 3.68. The molecule has 1 N–H and O–H groups in total. The first-order valence-electron chi connectivity index (χ1n) is 7.83. The van der Waals surface area contributed by atoms with Gasteiger partial charge in [-0.1, -0.05) is 18.5 Å². The third-order valence-corrected chi connectivity index (χ3v) is 4.94. The molecular weight excluding hydrogens is 286 g/mol. The molecule has 2 unspecified atom stereocenters. The highest BCUT2D eigenvalue weighted by atomic mass is 35.5. The normalized spacial score (nSPS) is 26.1. The summed E-state index contributed by atoms with van der Waals surface area (Å²) in [5.41, 5.74) is 1.14. The lowest BCUT2D eigenvalue weighted by Crippen LogP contribution is -2.44. The summed E-state index contributed by atoms with van der Waals surface area (Å²) in [6.45, 7) is 5.02. The van der Waals surface area contributed by atoms with E-state index in [2.05, 4.69) is 28.2 Å². The molecule has 2 fully saturated rings. The molecule has 2 aliphatic rings. The number of hydrogen-bond acceptors (Lipinski definition) is 4. The number of aromatic nitrogens is 1. The first-order valence-corrected chi connectivity index (χ1v) is 8.20. The zero-order chi connectivity index (χ0) is 14.8. The molecule has 0 spiro atoms. The van der Waals surface area contributed by atoms with Crippen LogP contribution >= 0.6 is 11.6 Å². The van der Waals surface area contributed by atoms with E-state index in [9.17, 15) is 0 Å². The van der Waals surface area contributed by atoms with Crippen molar-refractivity contribution >= 4 is 17.4 Å². The summed E-state index contributed by atoms with van der Waals surface area (Å²) < 4.78 is 5.59. The average Bonchev–Trinajstić information content (AvgIpc) is 3.31. The van der Waals surface area contributed by atoms with Crippen LogP contribution in [-0.2, 0) is 11.3 Å². The summed E-state index contributed by atoms with van der Waals surface area (Å²) in [6.07, 6.45) is 5.77. The molecule has 116 valence electrons. The summed E-state index contributed by atoms with van der Waals surface area (Å²) in [5.74, 6) is 1.62. The van der Waals surface area contributed by atoms with Gasteiger partial charge in [0.2, 0.25) is 0 Å². The van der Waals surface area contributed by atoms with Crippen LogP contribution in [0.15, 0.2) is 12.3 Å². The molecule has 1 aromatic heterocycles. The number of anilines is 1. The van der Waals surface area contributed by atoms with Crippen molar-refractivity contribution in [2.75, 3.05) is 25.1 Å². The number of nitrogens with zero attached hydrogens (tertiary/aromatic N) is 2. The van der Waals surface area contributed by atoms with Gasteiger partial charge < -0.3 is 15.0 Å². The van der Waals surface area contributed by atoms with Crippen LogP contribution in [0.5, 0.6) is 0 Å². The Morgan fingerprint density at radius 1 is 1.43 bits per heavy atom. The Kier molecular flexibility index (Phi) is 4.67. The van der Waals surface area contributed by atoms with Crippen molar-refractivity contribution in [1.82, 2.24) is 10.3 Å². The number of halogens is 1. The Morgan fingerprint density at radius 2 is 2.24 bits per heavy atom. The molecule has 1 aromatic rings. The lowest BCUT2D eigenvalue weighted by Gasteiger charge is -2.37. The number of piperidine rings is 1. The van der Waals surface area contributed by atoms with Crippen molar-refractivity contribution < 1.29 is 4.74 Å². The smallest absolute Gasteiger partial charge is 0.128 e. The van der Waals surface area contributed by atoms with Crippen molar-refractivity contribution in [2.24, 2.45) is 5.92 Å². The molecule has 1 aliphatic heterocycles. The monoisotopic (exact) mass is 309 g/mol. The van der Waals surface area contributed by atoms with E-state index in [-0.39, 0.29) is 6.10 Å². The second kappa shape index (κ2) is 6.51. The zero-order valence-electron chi connectivity index (χ0n) is 12.8. The molecule has 4 nitrogen and oxygen atoms in total. The molecule has 1 saturated carbocycles. The molecule has 0 aromatic carbocycles. The van der Waals surface area contributed by atoms with E-state index >= 15 is 0 Å². The predicted molar refractivity (Wildman–Crippen MR) is 85.9 cm³/mol. The molecular formula is C16H24ClN3O. The Hall–Kier alpha value is -0.840. The van der Waals surface area contributed by atoms with E-state index in [4.69, 9.17) is 16.3 Å². The Labute approximate surface area is 131 Å². The lowest BCUT2D eigenvalue weighted by molar-refractivity contribution is 0.0496. The van der Waals surface area contributed by atoms with Crippen LogP contribution in [-0.4, -0.2) is 37.3 Å². The van der Waals surface area contributed by atoms with Gasteiger partial charge in [-0.2, -0.15) is 0 Å². The Morgan fingerprint density at radius 3 is 2.95 bits per heavy atom. The van der Waals surface area contributed by atoms with Gasteiger partial charge in [-0.05, 0) is 36.8 Å². The van der Waals surface area contributed by atoms with Crippen LogP contribution in [0, 0.1) is 5.92 Å². The van der Waals surface area contributed by atoms with E-state index in [0.717, 1.165) is 42.5 Å². The second-order valence-electron chi connectivity index (χ2n) is 6.28. The van der Waals surface area contributed by atoms with Gasteiger partial charge in [0.25, 0.3) is 0 Å². The summed E-state index contributed by atoms with van der Waals surface area (Å²) >= 11 is 6.27. The van der Waals surface area contributed by atoms with Gasteiger partial charge in [0.05, 0.1) is 11.1 Å². The number of rotatable bonds is 5. The maximum Gasteiger partial charge on any atom is 0.128 e. The Bertz CT molecular complexity index is 492. The number of ether oxygens (including phenoxy) is 1. The molecule has 1 aliphatic carbocycles. The van der Waals surface area contributed by atoms with Crippen LogP contribution in [0.4, 0.5) is 5.82 Å². The fourth-order valence-corrected chi connectivity index (χ4v) is 3.04. The van der Waals surface area contributed by atoms with Gasteiger partial charge in [-0.25, -0.2) is 4.98 Å². The largest absolute Gasteiger partial charge is 0.379 e. The van der Waals surface area contributed by atoms with Gasteiger partial charge in [0, 0.05) is 39.0 Å². The molecule has 21 heavy (non-hydrogen) atoms. The van der Waals surface area contributed by atoms with Crippen LogP contribution in [0.3, 0.4) is 0 Å². The number of hydrogen-bond donors (Lipinski definition) is 1. The predicted octanol–water partition coefficient (Wildman–Crippen LogP) is 2.85. The summed E-state index contributed by atoms with van der Waals surface area (Å²) in [7, 11) is 1.80. The van der Waals surface area contributed by atoms with Gasteiger partial charge >= 0.3 is 0 Å². The van der Waals surface area contributed by atoms with Gasteiger partial charge in [-0.3, -0.25) is 0 Å². The number of nitrogens with one attached hydrogen (secondary N) is 1. The highest BCUT2D eigenvalue weighted by Gasteiger charge is 2.27. The Balaban J connectivity index is 1.70. The van der Waals surface area contributed by atoms with E-state index < -0.39 is 0 Å². The van der Waals surface area contributed by atoms with E-state index in [0.29, 0.717) is 12.0 Å². The first-order chi connectivity index (χ1) is 10.2. The van der Waals surface area contributed by atoms with E-state index in [1.807, 2.05) is 0 Å². The fraction of sp³-hybridized carbons (Fsp3) is 0.688. The lowest BCUT2D eigenvalue weighted by atomic mass is 9.96. The molecule has 0 bridgehead atoms. The summed E-state index contributed by atoms with van der Waals surface area (Å²) in [6, 6.07) is 2.81. The molecule has 1 saturated heterocycles. The van der Waals surface area contributed by atoms with Crippen molar-refractivity contribution in [3.63, 3.8) is 0 Å². The van der Waals surface area contributed by atoms with Crippen LogP contribution in [0.2, 0.25) is 5.02 Å². The standard InChI is InChI=1S/C16H24ClN3O/c1-11-5-6-20(10-15(11)21-2)16-7-12(14(17)9-19-16)8-18-13-3-4-13/h7,9,11,13,15,18H,3-6,8,10H2,1-2H3. The van der Waals surface area contributed by atoms with Crippen LogP contribution in [0.25, 0.3) is 0 Å². The van der Waals surface area contributed by atoms with E-state index in [1.165, 1.54) is 12.8 Å².